The molecule has 0 spiro atoms. The van der Waals surface area contributed by atoms with E-state index in [0.29, 0.717) is 25.7 Å². The summed E-state index contributed by atoms with van der Waals surface area (Å²) in [5, 5.41) is 10.6. The van der Waals surface area contributed by atoms with Gasteiger partial charge in [-0.15, -0.1) is 0 Å². The maximum atomic E-state index is 10.6. The van der Waals surface area contributed by atoms with E-state index < -0.39 is 5.60 Å². The molecule has 1 aromatic carbocycles. The summed E-state index contributed by atoms with van der Waals surface area (Å²) in [6, 6.07) is 10.6. The van der Waals surface area contributed by atoms with Crippen LogP contribution in [0.5, 0.6) is 0 Å². The predicted octanol–water partition coefficient (Wildman–Crippen LogP) is 2.93. The first-order chi connectivity index (χ1) is 8.49. The SMILES string of the molecule is C=C(C)[C@@H]1CCC(C)(O)C([Se]c2ccccc2)C1. The van der Waals surface area contributed by atoms with E-state index in [1.165, 1.54) is 10.0 Å². The Hall–Kier alpha value is -0.561. The molecular formula is C16H22OSe. The van der Waals surface area contributed by atoms with E-state index in [9.17, 15) is 5.11 Å². The van der Waals surface area contributed by atoms with Gasteiger partial charge in [-0.2, -0.15) is 0 Å². The van der Waals surface area contributed by atoms with Crippen molar-refractivity contribution in [1.29, 1.82) is 0 Å². The zero-order valence-electron chi connectivity index (χ0n) is 11.2. The van der Waals surface area contributed by atoms with Gasteiger partial charge in [0.15, 0.2) is 0 Å². The molecule has 0 radical (unpaired) electrons. The van der Waals surface area contributed by atoms with Crippen LogP contribution in [0.4, 0.5) is 0 Å². The van der Waals surface area contributed by atoms with Crippen molar-refractivity contribution in [2.24, 2.45) is 5.92 Å². The fourth-order valence-electron chi connectivity index (χ4n) is 2.54. The molecule has 0 bridgehead atoms. The number of benzene rings is 1. The summed E-state index contributed by atoms with van der Waals surface area (Å²) >= 11 is 0.346. The third-order valence-corrected chi connectivity index (χ3v) is 7.12. The van der Waals surface area contributed by atoms with Crippen molar-refractivity contribution in [3.8, 4) is 0 Å². The first-order valence-electron chi connectivity index (χ1n) is 6.58. The van der Waals surface area contributed by atoms with Crippen LogP contribution in [0.25, 0.3) is 0 Å². The number of hydrogen-bond donors (Lipinski definition) is 1. The molecule has 2 unspecified atom stereocenters. The quantitative estimate of drug-likeness (QED) is 0.672. The minimum absolute atomic E-state index is 0.346. The normalized spacial score (nSPS) is 32.2. The van der Waals surface area contributed by atoms with Crippen molar-refractivity contribution >= 4 is 19.4 Å². The molecule has 1 nitrogen and oxygen atoms in total. The molecule has 1 aliphatic rings. The fraction of sp³-hybridized carbons (Fsp3) is 0.500. The van der Waals surface area contributed by atoms with Gasteiger partial charge in [0, 0.05) is 0 Å². The number of aliphatic hydroxyl groups is 1. The molecule has 0 saturated heterocycles. The molecule has 0 aromatic heterocycles. The van der Waals surface area contributed by atoms with Gasteiger partial charge in [-0.1, -0.05) is 0 Å². The summed E-state index contributed by atoms with van der Waals surface area (Å²) < 4.78 is 1.39. The molecule has 0 amide bonds. The standard InChI is InChI=1S/C16H22OSe/c1-12(2)13-9-10-16(3,17)15(11-13)18-14-7-5-4-6-8-14/h4-8,13,15,17H,1,9-11H2,2-3H3/t13-,15?,16?/m1/s1. The van der Waals surface area contributed by atoms with E-state index in [1.807, 2.05) is 6.92 Å². The Morgan fingerprint density at radius 3 is 2.67 bits per heavy atom. The van der Waals surface area contributed by atoms with Crippen LogP contribution in [-0.2, 0) is 0 Å². The maximum absolute atomic E-state index is 10.6. The van der Waals surface area contributed by atoms with E-state index in [4.69, 9.17) is 0 Å². The van der Waals surface area contributed by atoms with E-state index in [-0.39, 0.29) is 0 Å². The van der Waals surface area contributed by atoms with Crippen LogP contribution in [0.2, 0.25) is 4.82 Å². The third kappa shape index (κ3) is 3.26. The van der Waals surface area contributed by atoms with Crippen LogP contribution in [0.15, 0.2) is 42.5 Å². The zero-order chi connectivity index (χ0) is 13.2. The van der Waals surface area contributed by atoms with Gasteiger partial charge in [0.25, 0.3) is 0 Å². The van der Waals surface area contributed by atoms with Gasteiger partial charge in [-0.05, 0) is 0 Å². The van der Waals surface area contributed by atoms with E-state index in [2.05, 4.69) is 43.8 Å². The Bertz CT molecular complexity index is 410. The molecule has 98 valence electrons. The van der Waals surface area contributed by atoms with Crippen molar-refractivity contribution in [3.63, 3.8) is 0 Å². The molecule has 0 aliphatic heterocycles. The zero-order valence-corrected chi connectivity index (χ0v) is 12.9. The van der Waals surface area contributed by atoms with Gasteiger partial charge in [0.2, 0.25) is 0 Å². The average Bonchev–Trinajstić information content (AvgIpc) is 2.33. The van der Waals surface area contributed by atoms with Crippen LogP contribution >= 0.6 is 0 Å². The molecule has 1 saturated carbocycles. The minimum atomic E-state index is -0.498. The van der Waals surface area contributed by atoms with Gasteiger partial charge in [0.1, 0.15) is 0 Å². The molecule has 2 heteroatoms. The van der Waals surface area contributed by atoms with E-state index in [1.54, 1.807) is 0 Å². The topological polar surface area (TPSA) is 20.2 Å². The van der Waals surface area contributed by atoms with Crippen LogP contribution in [0.1, 0.15) is 33.1 Å². The fourth-order valence-corrected chi connectivity index (χ4v) is 5.36. The molecule has 1 aliphatic carbocycles. The summed E-state index contributed by atoms with van der Waals surface area (Å²) in [7, 11) is 0. The summed E-state index contributed by atoms with van der Waals surface area (Å²) in [6.45, 7) is 8.23. The van der Waals surface area contributed by atoms with E-state index in [0.717, 1.165) is 19.3 Å². The third-order valence-electron chi connectivity index (χ3n) is 3.91. The molecular weight excluding hydrogens is 287 g/mol. The molecule has 1 N–H and O–H groups in total. The average molecular weight is 309 g/mol. The molecule has 18 heavy (non-hydrogen) atoms. The van der Waals surface area contributed by atoms with Crippen LogP contribution in [-0.4, -0.2) is 25.7 Å². The second-order valence-corrected chi connectivity index (χ2v) is 8.27. The first kappa shape index (κ1) is 13.9. The van der Waals surface area contributed by atoms with E-state index >= 15 is 0 Å². The Balaban J connectivity index is 2.10. The van der Waals surface area contributed by atoms with Crippen molar-refractivity contribution in [2.45, 2.75) is 43.5 Å². The summed E-state index contributed by atoms with van der Waals surface area (Å²) in [5.74, 6) is 0.598. The molecule has 1 aromatic rings. The molecule has 1 fully saturated rings. The number of allylic oxidation sites excluding steroid dienone is 1. The van der Waals surface area contributed by atoms with Crippen LogP contribution in [0, 0.1) is 5.92 Å². The Morgan fingerprint density at radius 2 is 2.06 bits per heavy atom. The van der Waals surface area contributed by atoms with Gasteiger partial charge in [-0.25, -0.2) is 0 Å². The number of rotatable bonds is 3. The Labute approximate surface area is 116 Å². The molecule has 3 atom stereocenters. The monoisotopic (exact) mass is 310 g/mol. The molecule has 2 rings (SSSR count). The predicted molar refractivity (Wildman–Crippen MR) is 78.4 cm³/mol. The summed E-state index contributed by atoms with van der Waals surface area (Å²) in [4.78, 5) is 0.405. The van der Waals surface area contributed by atoms with Gasteiger partial charge >= 0.3 is 116 Å². The van der Waals surface area contributed by atoms with Crippen molar-refractivity contribution in [3.05, 3.63) is 42.5 Å². The second kappa shape index (κ2) is 5.61. The van der Waals surface area contributed by atoms with Crippen LogP contribution < -0.4 is 4.46 Å². The van der Waals surface area contributed by atoms with Crippen LogP contribution in [0.3, 0.4) is 0 Å². The van der Waals surface area contributed by atoms with Gasteiger partial charge in [-0.3, -0.25) is 0 Å². The van der Waals surface area contributed by atoms with Gasteiger partial charge in [0.05, 0.1) is 0 Å². The summed E-state index contributed by atoms with van der Waals surface area (Å²) in [6.07, 6.45) is 3.09. The molecule has 0 heterocycles. The Morgan fingerprint density at radius 1 is 1.39 bits per heavy atom. The summed E-state index contributed by atoms with van der Waals surface area (Å²) in [5.41, 5.74) is 0.779. The number of hydrogen-bond acceptors (Lipinski definition) is 1. The van der Waals surface area contributed by atoms with Crippen molar-refractivity contribution < 1.29 is 5.11 Å². The van der Waals surface area contributed by atoms with Gasteiger partial charge < -0.3 is 0 Å². The van der Waals surface area contributed by atoms with Crippen molar-refractivity contribution in [1.82, 2.24) is 0 Å². The Kier molecular flexibility index (Phi) is 4.32. The van der Waals surface area contributed by atoms with Crippen molar-refractivity contribution in [2.75, 3.05) is 0 Å². The second-order valence-electron chi connectivity index (χ2n) is 5.59. The first-order valence-corrected chi connectivity index (χ1v) is 8.43.